The number of hydrazone groups is 1. The van der Waals surface area contributed by atoms with E-state index in [0.29, 0.717) is 6.54 Å². The van der Waals surface area contributed by atoms with Crippen molar-refractivity contribution in [1.29, 1.82) is 0 Å². The number of benzene rings is 4. The van der Waals surface area contributed by atoms with Crippen molar-refractivity contribution < 1.29 is 4.57 Å². The molecule has 0 bridgehead atoms. The van der Waals surface area contributed by atoms with Crippen molar-refractivity contribution in [2.75, 3.05) is 5.43 Å². The van der Waals surface area contributed by atoms with Crippen LogP contribution < -0.4 is 9.99 Å². The molecule has 30 heavy (non-hydrogen) atoms. The quantitative estimate of drug-likeness (QED) is 0.175. The van der Waals surface area contributed by atoms with Crippen molar-refractivity contribution in [3.8, 4) is 0 Å². The summed E-state index contributed by atoms with van der Waals surface area (Å²) < 4.78 is 2.29. The molecule has 5 aromatic rings. The van der Waals surface area contributed by atoms with Crippen LogP contribution in [-0.2, 0) is 6.54 Å². The van der Waals surface area contributed by atoms with E-state index in [2.05, 4.69) is 89.0 Å². The minimum Gasteiger partial charge on any atom is -0.278 e. The first kappa shape index (κ1) is 18.1. The molecule has 0 aliphatic rings. The number of pyridine rings is 1. The molecule has 0 saturated heterocycles. The number of aromatic nitrogens is 1. The second-order valence-electron chi connectivity index (χ2n) is 7.26. The minimum atomic E-state index is 0.662. The molecule has 0 unspecified atom stereocenters. The van der Waals surface area contributed by atoms with Gasteiger partial charge < -0.3 is 0 Å². The van der Waals surface area contributed by atoms with Crippen molar-refractivity contribution >= 4 is 33.1 Å². The Kier molecular flexibility index (Phi) is 4.93. The summed E-state index contributed by atoms with van der Waals surface area (Å²) in [5.41, 5.74) is 7.47. The van der Waals surface area contributed by atoms with Crippen molar-refractivity contribution in [2.45, 2.75) is 6.54 Å². The standard InChI is InChI=1S/C27H22N3/c1-3-11-21(12-4-1)26(29-28-23-14-5-2-6-15-23)20-30-19-22-13-7-8-16-24(22)25-17-9-10-18-27(25)30/h1-19,28H,20H2/q+1. The van der Waals surface area contributed by atoms with E-state index in [-0.39, 0.29) is 0 Å². The number of anilines is 1. The maximum Gasteiger partial charge on any atom is 0.213 e. The summed E-state index contributed by atoms with van der Waals surface area (Å²) in [6.45, 7) is 0.662. The molecular formula is C27H22N3+. The van der Waals surface area contributed by atoms with Crippen molar-refractivity contribution in [3.05, 3.63) is 121 Å². The Balaban J connectivity index is 1.61. The predicted molar refractivity (Wildman–Crippen MR) is 125 cm³/mol. The maximum absolute atomic E-state index is 4.79. The van der Waals surface area contributed by atoms with E-state index in [4.69, 9.17) is 5.10 Å². The van der Waals surface area contributed by atoms with E-state index in [9.17, 15) is 0 Å². The highest BCUT2D eigenvalue weighted by molar-refractivity contribution is 6.04. The van der Waals surface area contributed by atoms with Gasteiger partial charge in [0.1, 0.15) is 5.71 Å². The highest BCUT2D eigenvalue weighted by Crippen LogP contribution is 2.22. The number of nitrogens with zero attached hydrogens (tertiary/aromatic N) is 2. The average Bonchev–Trinajstić information content (AvgIpc) is 2.83. The zero-order valence-corrected chi connectivity index (χ0v) is 16.6. The van der Waals surface area contributed by atoms with Crippen LogP contribution in [0.3, 0.4) is 0 Å². The molecule has 1 aromatic heterocycles. The third-order valence-corrected chi connectivity index (χ3v) is 5.28. The summed E-state index contributed by atoms with van der Waals surface area (Å²) in [5.74, 6) is 0. The van der Waals surface area contributed by atoms with Gasteiger partial charge in [-0.25, -0.2) is 0 Å². The number of para-hydroxylation sites is 2. The van der Waals surface area contributed by atoms with Gasteiger partial charge in [0.25, 0.3) is 0 Å². The lowest BCUT2D eigenvalue weighted by molar-refractivity contribution is -0.654. The molecule has 0 amide bonds. The first-order valence-electron chi connectivity index (χ1n) is 10.1. The molecule has 4 aromatic carbocycles. The lowest BCUT2D eigenvalue weighted by atomic mass is 10.1. The van der Waals surface area contributed by atoms with E-state index < -0.39 is 0 Å². The number of nitrogens with one attached hydrogen (secondary N) is 1. The van der Waals surface area contributed by atoms with Crippen LogP contribution in [-0.4, -0.2) is 5.71 Å². The Hall–Kier alpha value is -3.98. The normalized spacial score (nSPS) is 11.7. The Morgan fingerprint density at radius 3 is 2.10 bits per heavy atom. The highest BCUT2D eigenvalue weighted by atomic mass is 15.3. The molecular weight excluding hydrogens is 366 g/mol. The smallest absolute Gasteiger partial charge is 0.213 e. The fourth-order valence-electron chi connectivity index (χ4n) is 3.80. The molecule has 0 aliphatic heterocycles. The van der Waals surface area contributed by atoms with Gasteiger partial charge >= 0.3 is 0 Å². The van der Waals surface area contributed by atoms with Gasteiger partial charge in [0.15, 0.2) is 12.7 Å². The van der Waals surface area contributed by atoms with Crippen molar-refractivity contribution in [3.63, 3.8) is 0 Å². The second kappa shape index (κ2) is 8.18. The zero-order chi connectivity index (χ0) is 20.2. The lowest BCUT2D eigenvalue weighted by Gasteiger charge is -2.09. The SMILES string of the molecule is c1ccc(NN=C(C[n+]2cc3ccccc3c3ccccc32)c2ccccc2)cc1. The van der Waals surface area contributed by atoms with Gasteiger partial charge in [-0.05, 0) is 24.3 Å². The van der Waals surface area contributed by atoms with E-state index in [1.54, 1.807) is 0 Å². The third kappa shape index (κ3) is 3.65. The fourth-order valence-corrected chi connectivity index (χ4v) is 3.80. The first-order chi connectivity index (χ1) is 14.9. The number of hydrogen-bond donors (Lipinski definition) is 1. The summed E-state index contributed by atoms with van der Waals surface area (Å²) in [5, 5.41) is 8.53. The Bertz CT molecular complexity index is 1330. The summed E-state index contributed by atoms with van der Waals surface area (Å²) in [6.07, 6.45) is 2.22. The summed E-state index contributed by atoms with van der Waals surface area (Å²) in [4.78, 5) is 0. The molecule has 1 heterocycles. The van der Waals surface area contributed by atoms with Crippen LogP contribution >= 0.6 is 0 Å². The average molecular weight is 388 g/mol. The summed E-state index contributed by atoms with van der Waals surface area (Å²) in [6, 6.07) is 37.5. The fraction of sp³-hybridized carbons (Fsp3) is 0.0370. The molecule has 0 fully saturated rings. The lowest BCUT2D eigenvalue weighted by Crippen LogP contribution is -2.39. The van der Waals surface area contributed by atoms with E-state index >= 15 is 0 Å². The molecule has 3 heteroatoms. The van der Waals surface area contributed by atoms with Gasteiger partial charge in [-0.2, -0.15) is 9.67 Å². The topological polar surface area (TPSA) is 28.3 Å². The van der Waals surface area contributed by atoms with Crippen LogP contribution in [0.2, 0.25) is 0 Å². The molecule has 0 spiro atoms. The molecule has 144 valence electrons. The number of hydrogen-bond acceptors (Lipinski definition) is 2. The molecule has 0 aliphatic carbocycles. The maximum atomic E-state index is 4.79. The molecule has 0 atom stereocenters. The Morgan fingerprint density at radius 2 is 1.30 bits per heavy atom. The van der Waals surface area contributed by atoms with Crippen LogP contribution in [0.4, 0.5) is 5.69 Å². The number of rotatable bonds is 5. The Morgan fingerprint density at radius 1 is 0.667 bits per heavy atom. The van der Waals surface area contributed by atoms with Gasteiger partial charge in [0.2, 0.25) is 5.52 Å². The van der Waals surface area contributed by atoms with E-state index in [1.165, 1.54) is 21.7 Å². The van der Waals surface area contributed by atoms with E-state index in [0.717, 1.165) is 17.0 Å². The largest absolute Gasteiger partial charge is 0.278 e. The molecule has 0 saturated carbocycles. The van der Waals surface area contributed by atoms with Gasteiger partial charge in [0.05, 0.1) is 11.1 Å². The van der Waals surface area contributed by atoms with Crippen LogP contribution in [0.5, 0.6) is 0 Å². The summed E-state index contributed by atoms with van der Waals surface area (Å²) in [7, 11) is 0. The van der Waals surface area contributed by atoms with Crippen molar-refractivity contribution in [1.82, 2.24) is 0 Å². The minimum absolute atomic E-state index is 0.662. The molecule has 3 nitrogen and oxygen atoms in total. The number of fused-ring (bicyclic) bond motifs is 3. The van der Waals surface area contributed by atoms with Gasteiger partial charge in [0, 0.05) is 22.4 Å². The molecule has 0 radical (unpaired) electrons. The van der Waals surface area contributed by atoms with Gasteiger partial charge in [-0.3, -0.25) is 5.43 Å². The first-order valence-corrected chi connectivity index (χ1v) is 10.1. The highest BCUT2D eigenvalue weighted by Gasteiger charge is 2.16. The monoisotopic (exact) mass is 388 g/mol. The molecule has 5 rings (SSSR count). The predicted octanol–water partition coefficient (Wildman–Crippen LogP) is 5.80. The van der Waals surface area contributed by atoms with Crippen LogP contribution in [0.25, 0.3) is 21.7 Å². The zero-order valence-electron chi connectivity index (χ0n) is 16.6. The third-order valence-electron chi connectivity index (χ3n) is 5.28. The van der Waals surface area contributed by atoms with Crippen molar-refractivity contribution in [2.24, 2.45) is 5.10 Å². The van der Waals surface area contributed by atoms with Crippen LogP contribution in [0.1, 0.15) is 5.56 Å². The molecule has 1 N–H and O–H groups in total. The van der Waals surface area contributed by atoms with E-state index in [1.807, 2.05) is 36.4 Å². The van der Waals surface area contributed by atoms with Crippen LogP contribution in [0, 0.1) is 0 Å². The summed E-state index contributed by atoms with van der Waals surface area (Å²) >= 11 is 0. The van der Waals surface area contributed by atoms with Crippen LogP contribution in [0.15, 0.2) is 120 Å². The second-order valence-corrected chi connectivity index (χ2v) is 7.26. The Labute approximate surface area is 175 Å². The van der Waals surface area contributed by atoms with Gasteiger partial charge in [-0.15, -0.1) is 0 Å². The van der Waals surface area contributed by atoms with Gasteiger partial charge in [-0.1, -0.05) is 78.9 Å².